The molecular formula is C41H43ClN4O7. The fourth-order valence-electron chi connectivity index (χ4n) is 7.30. The van der Waals surface area contributed by atoms with Crippen LogP contribution in [-0.4, -0.2) is 63.5 Å². The summed E-state index contributed by atoms with van der Waals surface area (Å²) in [4.78, 5) is 43.8. The molecule has 1 saturated heterocycles. The van der Waals surface area contributed by atoms with Gasteiger partial charge in [0.25, 0.3) is 5.88 Å². The van der Waals surface area contributed by atoms with E-state index in [0.717, 1.165) is 49.0 Å². The minimum Gasteiger partial charge on any atom is -0.486 e. The Morgan fingerprint density at radius 2 is 1.70 bits per heavy atom. The Morgan fingerprint density at radius 3 is 2.42 bits per heavy atom. The van der Waals surface area contributed by atoms with Crippen LogP contribution < -0.4 is 9.47 Å². The highest BCUT2D eigenvalue weighted by Gasteiger charge is 2.31. The number of aromatic nitrogens is 3. The van der Waals surface area contributed by atoms with Crippen molar-refractivity contribution in [3.63, 3.8) is 0 Å². The normalized spacial score (nSPS) is 15.4. The van der Waals surface area contributed by atoms with E-state index in [4.69, 9.17) is 35.5 Å². The van der Waals surface area contributed by atoms with Crippen molar-refractivity contribution in [1.82, 2.24) is 19.7 Å². The smallest absolute Gasteiger partial charge is 0.410 e. The number of piperidine rings is 1. The zero-order valence-electron chi connectivity index (χ0n) is 30.0. The van der Waals surface area contributed by atoms with E-state index in [1.165, 1.54) is 27.4 Å². The van der Waals surface area contributed by atoms with Gasteiger partial charge in [0.2, 0.25) is 0 Å². The second-order valence-corrected chi connectivity index (χ2v) is 13.2. The lowest BCUT2D eigenvalue weighted by Crippen LogP contribution is -2.38. The van der Waals surface area contributed by atoms with Crippen LogP contribution in [0.2, 0.25) is 0 Å². The lowest BCUT2D eigenvalue weighted by molar-refractivity contribution is 0.0545. The van der Waals surface area contributed by atoms with Crippen molar-refractivity contribution in [1.29, 1.82) is 0 Å². The summed E-state index contributed by atoms with van der Waals surface area (Å²) in [7, 11) is 0. The Labute approximate surface area is 314 Å². The van der Waals surface area contributed by atoms with Gasteiger partial charge in [0, 0.05) is 35.8 Å². The molecule has 0 spiro atoms. The molecule has 1 aliphatic carbocycles. The quantitative estimate of drug-likeness (QED) is 0.0753. The number of pyridine rings is 1. The summed E-state index contributed by atoms with van der Waals surface area (Å²) in [6.07, 6.45) is 7.20. The average Bonchev–Trinajstić information content (AvgIpc) is 3.76. The van der Waals surface area contributed by atoms with E-state index in [0.29, 0.717) is 42.6 Å². The fourth-order valence-corrected chi connectivity index (χ4v) is 7.37. The Kier molecular flexibility index (Phi) is 11.9. The summed E-state index contributed by atoms with van der Waals surface area (Å²) in [6.45, 7) is 12.7. The van der Waals surface area contributed by atoms with Crippen LogP contribution >= 0.6 is 11.6 Å². The first-order valence-corrected chi connectivity index (χ1v) is 18.3. The van der Waals surface area contributed by atoms with Gasteiger partial charge in [-0.15, -0.1) is 5.10 Å². The number of benzene rings is 2. The molecule has 1 fully saturated rings. The van der Waals surface area contributed by atoms with Crippen molar-refractivity contribution < 1.29 is 33.3 Å². The van der Waals surface area contributed by atoms with Gasteiger partial charge in [0.15, 0.2) is 5.82 Å². The fraction of sp³-hybridized carbons (Fsp3) is 0.341. The molecule has 1 atom stereocenters. The van der Waals surface area contributed by atoms with E-state index in [2.05, 4.69) is 49.4 Å². The maximum Gasteiger partial charge on any atom is 0.410 e. The lowest BCUT2D eigenvalue weighted by Gasteiger charge is -2.32. The van der Waals surface area contributed by atoms with Gasteiger partial charge in [-0.25, -0.2) is 24.0 Å². The molecule has 2 aliphatic rings. The summed E-state index contributed by atoms with van der Waals surface area (Å²) in [6, 6.07) is 18.2. The van der Waals surface area contributed by atoms with E-state index in [9.17, 15) is 14.4 Å². The first kappa shape index (κ1) is 37.3. The monoisotopic (exact) mass is 738 g/mol. The van der Waals surface area contributed by atoms with Crippen LogP contribution in [0, 0.1) is 0 Å². The third-order valence-electron chi connectivity index (χ3n) is 9.71. The maximum atomic E-state index is 13.0. The molecule has 2 aromatic carbocycles. The summed E-state index contributed by atoms with van der Waals surface area (Å²) >= 11 is 5.54. The number of hydrogen-bond donors (Lipinski definition) is 0. The summed E-state index contributed by atoms with van der Waals surface area (Å²) in [5.74, 6) is 0.610. The van der Waals surface area contributed by atoms with Crippen LogP contribution in [-0.2, 0) is 28.7 Å². The van der Waals surface area contributed by atoms with E-state index >= 15 is 0 Å². The third-order valence-corrected chi connectivity index (χ3v) is 9.79. The number of amides is 1. The molecule has 0 unspecified atom stereocenters. The Hall–Kier alpha value is -5.42. The van der Waals surface area contributed by atoms with E-state index in [1.807, 2.05) is 31.2 Å². The van der Waals surface area contributed by atoms with Gasteiger partial charge in [-0.05, 0) is 85.4 Å². The zero-order valence-corrected chi connectivity index (χ0v) is 30.8. The zero-order chi connectivity index (χ0) is 37.5. The predicted molar refractivity (Wildman–Crippen MR) is 201 cm³/mol. The van der Waals surface area contributed by atoms with E-state index in [1.54, 1.807) is 17.0 Å². The average molecular weight is 739 g/mol. The number of carbonyl (C=O) groups is 3. The number of carbonyl (C=O) groups excluding carboxylic acids is 3. The van der Waals surface area contributed by atoms with Gasteiger partial charge >= 0.3 is 17.5 Å². The van der Waals surface area contributed by atoms with Gasteiger partial charge in [-0.3, -0.25) is 0 Å². The SMILES string of the molecule is C=CCOC(=O)c1c(OC(=O)Cl)nn(-c2cccc(-c3cccc4c3[C@@H](Oc3ccc(C5CCN(C(=O)OCC=C)CC5)c(CC)c3)CC4)n2)c1CC. The van der Waals surface area contributed by atoms with Crippen LogP contribution in [0.5, 0.6) is 11.6 Å². The molecule has 3 heterocycles. The molecule has 6 rings (SSSR count). The van der Waals surface area contributed by atoms with Crippen LogP contribution in [0.4, 0.5) is 9.59 Å². The Balaban J connectivity index is 1.26. The molecule has 276 valence electrons. The first-order chi connectivity index (χ1) is 25.8. The number of nitrogens with zero attached hydrogens (tertiary/aromatic N) is 4. The highest BCUT2D eigenvalue weighted by molar-refractivity contribution is 6.61. The summed E-state index contributed by atoms with van der Waals surface area (Å²) < 4.78 is 23.9. The highest BCUT2D eigenvalue weighted by Crippen LogP contribution is 2.42. The molecule has 0 saturated carbocycles. The van der Waals surface area contributed by atoms with Crippen LogP contribution in [0.25, 0.3) is 17.1 Å². The van der Waals surface area contributed by atoms with Crippen molar-refractivity contribution in [2.75, 3.05) is 26.3 Å². The standard InChI is InChI=1S/C41H43ClN4O7/c1-5-23-50-39(47)37-33(8-4)46(44-38(37)53-40(42)48)35-14-10-13-32(43-35)31-12-9-11-28-15-18-34(36(28)31)52-29-16-17-30(26(7-3)25-29)27-19-21-45(22-20-27)41(49)51-24-6-2/h5-6,9-14,16-17,25,27,34H,1-2,7-8,15,18-24H2,3-4H3/t34-/m0/s1. The maximum absolute atomic E-state index is 13.0. The summed E-state index contributed by atoms with van der Waals surface area (Å²) in [5, 5.41) is 4.43. The molecule has 1 aliphatic heterocycles. The molecular weight excluding hydrogens is 696 g/mol. The van der Waals surface area contributed by atoms with Crippen molar-refractivity contribution in [2.45, 2.75) is 64.4 Å². The minimum absolute atomic E-state index is 0.00324. The van der Waals surface area contributed by atoms with Crippen LogP contribution in [0.15, 0.2) is 79.9 Å². The molecule has 0 N–H and O–H groups in total. The van der Waals surface area contributed by atoms with Gasteiger partial charge in [0.1, 0.15) is 30.6 Å². The van der Waals surface area contributed by atoms with Crippen molar-refractivity contribution in [2.24, 2.45) is 0 Å². The second-order valence-electron chi connectivity index (χ2n) is 12.9. The molecule has 0 radical (unpaired) electrons. The predicted octanol–water partition coefficient (Wildman–Crippen LogP) is 8.71. The number of ether oxygens (including phenoxy) is 4. The molecule has 0 bridgehead atoms. The number of fused-ring (bicyclic) bond motifs is 1. The van der Waals surface area contributed by atoms with Crippen molar-refractivity contribution in [3.05, 3.63) is 113 Å². The molecule has 2 aromatic heterocycles. The number of likely N-dealkylation sites (tertiary alicyclic amines) is 1. The Bertz CT molecular complexity index is 2020. The van der Waals surface area contributed by atoms with Crippen LogP contribution in [0.3, 0.4) is 0 Å². The van der Waals surface area contributed by atoms with Crippen LogP contribution in [0.1, 0.15) is 83.4 Å². The number of esters is 1. The number of halogens is 1. The number of aryl methyl sites for hydroxylation is 2. The third kappa shape index (κ3) is 8.15. The van der Waals surface area contributed by atoms with E-state index in [-0.39, 0.29) is 36.9 Å². The van der Waals surface area contributed by atoms with Gasteiger partial charge in [-0.2, -0.15) is 0 Å². The molecule has 12 heteroatoms. The highest BCUT2D eigenvalue weighted by atomic mass is 35.5. The number of rotatable bonds is 13. The number of hydrogen-bond acceptors (Lipinski definition) is 9. The van der Waals surface area contributed by atoms with Gasteiger partial charge < -0.3 is 23.8 Å². The molecule has 53 heavy (non-hydrogen) atoms. The Morgan fingerprint density at radius 1 is 0.943 bits per heavy atom. The van der Waals surface area contributed by atoms with Crippen molar-refractivity contribution in [3.8, 4) is 28.7 Å². The van der Waals surface area contributed by atoms with E-state index < -0.39 is 11.4 Å². The second kappa shape index (κ2) is 16.9. The minimum atomic E-state index is -1.13. The molecule has 11 nitrogen and oxygen atoms in total. The lowest BCUT2D eigenvalue weighted by atomic mass is 9.86. The van der Waals surface area contributed by atoms with Crippen molar-refractivity contribution >= 4 is 29.1 Å². The van der Waals surface area contributed by atoms with Gasteiger partial charge in [0.05, 0.1) is 11.4 Å². The topological polar surface area (TPSA) is 122 Å². The van der Waals surface area contributed by atoms with Gasteiger partial charge in [-0.1, -0.05) is 69.5 Å². The molecule has 1 amide bonds. The molecule has 4 aromatic rings. The first-order valence-electron chi connectivity index (χ1n) is 17.9. The largest absolute Gasteiger partial charge is 0.486 e. The summed E-state index contributed by atoms with van der Waals surface area (Å²) in [5.41, 5.74) is 5.77.